The minimum atomic E-state index is -3.94. The van der Waals surface area contributed by atoms with Gasteiger partial charge in [-0.05, 0) is 66.9 Å². The summed E-state index contributed by atoms with van der Waals surface area (Å²) in [7, 11) is -3.94. The Labute approximate surface area is 220 Å². The van der Waals surface area contributed by atoms with Crippen LogP contribution in [0.3, 0.4) is 0 Å². The van der Waals surface area contributed by atoms with Crippen molar-refractivity contribution in [3.8, 4) is 0 Å². The number of halogens is 1. The summed E-state index contributed by atoms with van der Waals surface area (Å²) in [6, 6.07) is 20.1. The number of benzene rings is 3. The SMILES string of the molecule is CCOC(=O)[C@@]12C=C3c4cc(Cl)ccc4S[C@@H]3[C@@H]1c1ccccc1N(S(=O)(=O)c1ccc(C)cc1)C2. The van der Waals surface area contributed by atoms with Gasteiger partial charge in [0.2, 0.25) is 0 Å². The molecule has 8 heteroatoms. The predicted octanol–water partition coefficient (Wildman–Crippen LogP) is 6.06. The smallest absolute Gasteiger partial charge is 0.318 e. The molecule has 3 atom stereocenters. The van der Waals surface area contributed by atoms with E-state index in [1.807, 2.05) is 55.5 Å². The number of para-hydroxylation sites is 1. The van der Waals surface area contributed by atoms with Crippen LogP contribution in [0.15, 0.2) is 82.6 Å². The molecule has 5 nitrogen and oxygen atoms in total. The topological polar surface area (TPSA) is 63.7 Å². The minimum Gasteiger partial charge on any atom is -0.465 e. The van der Waals surface area contributed by atoms with Gasteiger partial charge in [-0.1, -0.05) is 53.6 Å². The number of hydrogen-bond acceptors (Lipinski definition) is 5. The molecule has 0 spiro atoms. The van der Waals surface area contributed by atoms with Crippen LogP contribution in [0, 0.1) is 12.3 Å². The second-order valence-corrected chi connectivity index (χ2v) is 12.9. The van der Waals surface area contributed by atoms with Crippen LogP contribution < -0.4 is 4.31 Å². The van der Waals surface area contributed by atoms with Crippen molar-refractivity contribution in [2.45, 2.75) is 34.8 Å². The molecular weight excluding hydrogens is 514 g/mol. The standard InChI is InChI=1S/C28H24ClNO4S2/c1-3-34-27(31)28-15-22-21-14-18(29)10-13-24(21)35-26(22)25(28)20-6-4-5-7-23(20)30(16-28)36(32,33)19-11-8-17(2)9-12-19/h4-15,25-26H,3,16H2,1-2H3/t25-,26-,28+/m0/s1. The summed E-state index contributed by atoms with van der Waals surface area (Å²) in [6.07, 6.45) is 1.96. The van der Waals surface area contributed by atoms with Crippen molar-refractivity contribution < 1.29 is 17.9 Å². The maximum Gasteiger partial charge on any atom is 0.318 e. The van der Waals surface area contributed by atoms with E-state index in [4.69, 9.17) is 16.3 Å². The molecule has 36 heavy (non-hydrogen) atoms. The third-order valence-corrected chi connectivity index (χ3v) is 10.7. The van der Waals surface area contributed by atoms with Gasteiger partial charge < -0.3 is 4.74 Å². The van der Waals surface area contributed by atoms with Crippen molar-refractivity contribution in [3.05, 3.63) is 94.5 Å². The Morgan fingerprint density at radius 1 is 1.14 bits per heavy atom. The molecule has 6 rings (SSSR count). The van der Waals surface area contributed by atoms with Crippen LogP contribution >= 0.6 is 23.4 Å². The maximum atomic E-state index is 14.0. The molecule has 184 valence electrons. The zero-order valence-corrected chi connectivity index (χ0v) is 22.2. The van der Waals surface area contributed by atoms with Gasteiger partial charge in [0.25, 0.3) is 10.0 Å². The molecule has 1 aliphatic carbocycles. The second-order valence-electron chi connectivity index (χ2n) is 9.40. The molecule has 0 fully saturated rings. The Hall–Kier alpha value is -2.74. The number of carbonyl (C=O) groups is 1. The average molecular weight is 538 g/mol. The Bertz CT molecular complexity index is 1530. The van der Waals surface area contributed by atoms with E-state index < -0.39 is 21.4 Å². The highest BCUT2D eigenvalue weighted by atomic mass is 35.5. The Balaban J connectivity index is 1.57. The number of thioether (sulfide) groups is 1. The van der Waals surface area contributed by atoms with E-state index in [1.165, 1.54) is 4.31 Å². The van der Waals surface area contributed by atoms with Gasteiger partial charge in [-0.15, -0.1) is 11.8 Å². The molecule has 3 aromatic carbocycles. The zero-order valence-electron chi connectivity index (χ0n) is 19.8. The minimum absolute atomic E-state index is 0.0276. The van der Waals surface area contributed by atoms with E-state index in [2.05, 4.69) is 0 Å². The van der Waals surface area contributed by atoms with E-state index in [9.17, 15) is 13.2 Å². The lowest BCUT2D eigenvalue weighted by Gasteiger charge is -2.45. The van der Waals surface area contributed by atoms with Crippen LogP contribution in [0.25, 0.3) is 5.57 Å². The number of esters is 1. The molecule has 2 aliphatic heterocycles. The summed E-state index contributed by atoms with van der Waals surface area (Å²) in [5.74, 6) is -0.678. The summed E-state index contributed by atoms with van der Waals surface area (Å²) >= 11 is 8.04. The number of carbonyl (C=O) groups excluding carboxylic acids is 1. The summed E-state index contributed by atoms with van der Waals surface area (Å²) in [5.41, 5.74) is 3.26. The van der Waals surface area contributed by atoms with Gasteiger partial charge in [-0.2, -0.15) is 0 Å². The summed E-state index contributed by atoms with van der Waals surface area (Å²) in [4.78, 5) is 15.1. The van der Waals surface area contributed by atoms with E-state index in [0.29, 0.717) is 10.7 Å². The predicted molar refractivity (Wildman–Crippen MR) is 143 cm³/mol. The quantitative estimate of drug-likeness (QED) is 0.378. The van der Waals surface area contributed by atoms with Gasteiger partial charge in [-0.25, -0.2) is 8.42 Å². The van der Waals surface area contributed by atoms with E-state index in [-0.39, 0.29) is 29.2 Å². The highest BCUT2D eigenvalue weighted by Gasteiger charge is 2.61. The third-order valence-electron chi connectivity index (χ3n) is 7.29. The number of nitrogens with zero attached hydrogens (tertiary/aromatic N) is 1. The first-order valence-electron chi connectivity index (χ1n) is 11.8. The number of anilines is 1. The summed E-state index contributed by atoms with van der Waals surface area (Å²) in [5, 5.41) is 0.577. The fourth-order valence-electron chi connectivity index (χ4n) is 5.68. The van der Waals surface area contributed by atoms with Gasteiger partial charge in [0.05, 0.1) is 23.7 Å². The highest BCUT2D eigenvalue weighted by molar-refractivity contribution is 8.01. The first-order valence-corrected chi connectivity index (χ1v) is 14.5. The highest BCUT2D eigenvalue weighted by Crippen LogP contribution is 2.65. The van der Waals surface area contributed by atoms with Gasteiger partial charge in [-0.3, -0.25) is 9.10 Å². The molecule has 0 amide bonds. The first kappa shape index (κ1) is 23.6. The molecule has 0 aromatic heterocycles. The zero-order chi connectivity index (χ0) is 25.2. The fraction of sp³-hybridized carbons (Fsp3) is 0.250. The van der Waals surface area contributed by atoms with E-state index in [0.717, 1.165) is 27.2 Å². The number of rotatable bonds is 4. The lowest BCUT2D eigenvalue weighted by Crippen LogP contribution is -2.52. The van der Waals surface area contributed by atoms with Crippen LogP contribution in [0.5, 0.6) is 0 Å². The molecule has 0 radical (unpaired) electrons. The molecule has 2 heterocycles. The Kier molecular flexibility index (Phi) is 5.52. The summed E-state index contributed by atoms with van der Waals surface area (Å²) < 4.78 is 35.0. The normalized spacial score (nSPS) is 23.9. The lowest BCUT2D eigenvalue weighted by atomic mass is 9.71. The number of ether oxygens (including phenoxy) is 1. The van der Waals surface area contributed by atoms with E-state index in [1.54, 1.807) is 43.0 Å². The summed E-state index contributed by atoms with van der Waals surface area (Å²) in [6.45, 7) is 3.87. The van der Waals surface area contributed by atoms with Crippen molar-refractivity contribution >= 4 is 50.6 Å². The average Bonchev–Trinajstić information content (AvgIpc) is 3.37. The van der Waals surface area contributed by atoms with Crippen molar-refractivity contribution in [1.82, 2.24) is 0 Å². The Morgan fingerprint density at radius 2 is 1.89 bits per heavy atom. The van der Waals surface area contributed by atoms with Gasteiger partial charge >= 0.3 is 5.97 Å². The fourth-order valence-corrected chi connectivity index (χ4v) is 8.97. The van der Waals surface area contributed by atoms with E-state index >= 15 is 0 Å². The van der Waals surface area contributed by atoms with Gasteiger partial charge in [0, 0.05) is 21.1 Å². The van der Waals surface area contributed by atoms with Crippen molar-refractivity contribution in [1.29, 1.82) is 0 Å². The van der Waals surface area contributed by atoms with Crippen molar-refractivity contribution in [2.75, 3.05) is 17.5 Å². The second kappa shape index (κ2) is 8.40. The molecule has 3 aliphatic rings. The Morgan fingerprint density at radius 3 is 2.64 bits per heavy atom. The van der Waals surface area contributed by atoms with Crippen LogP contribution in [-0.4, -0.2) is 32.8 Å². The third kappa shape index (κ3) is 3.36. The molecule has 0 saturated carbocycles. The monoisotopic (exact) mass is 537 g/mol. The largest absolute Gasteiger partial charge is 0.465 e. The van der Waals surface area contributed by atoms with Crippen LogP contribution in [0.1, 0.15) is 29.5 Å². The van der Waals surface area contributed by atoms with Crippen LogP contribution in [0.2, 0.25) is 5.02 Å². The molecule has 3 aromatic rings. The van der Waals surface area contributed by atoms with Crippen molar-refractivity contribution in [2.24, 2.45) is 5.41 Å². The van der Waals surface area contributed by atoms with Crippen LogP contribution in [0.4, 0.5) is 5.69 Å². The first-order chi connectivity index (χ1) is 17.3. The number of sulfonamides is 1. The number of aryl methyl sites for hydroxylation is 1. The lowest BCUT2D eigenvalue weighted by molar-refractivity contribution is -0.152. The molecule has 0 saturated heterocycles. The van der Waals surface area contributed by atoms with Gasteiger partial charge in [0.15, 0.2) is 0 Å². The van der Waals surface area contributed by atoms with Gasteiger partial charge in [0.1, 0.15) is 5.41 Å². The molecule has 0 bridgehead atoms. The maximum absolute atomic E-state index is 14.0. The number of fused-ring (bicyclic) bond motifs is 7. The molecular formula is C28H24ClNO4S2. The molecule has 0 unspecified atom stereocenters. The van der Waals surface area contributed by atoms with Crippen molar-refractivity contribution in [3.63, 3.8) is 0 Å². The molecule has 0 N–H and O–H groups in total. The number of hydrogen-bond donors (Lipinski definition) is 0. The van der Waals surface area contributed by atoms with Crippen LogP contribution in [-0.2, 0) is 19.6 Å².